The quantitative estimate of drug-likeness (QED) is 0.672. The van der Waals surface area contributed by atoms with E-state index in [0.29, 0.717) is 0 Å². The van der Waals surface area contributed by atoms with E-state index >= 15 is 0 Å². The lowest BCUT2D eigenvalue weighted by atomic mass is 10.1. The average molecular weight is 305 g/mol. The van der Waals surface area contributed by atoms with Gasteiger partial charge in [0, 0.05) is 5.56 Å². The second-order valence-corrected chi connectivity index (χ2v) is 6.39. The van der Waals surface area contributed by atoms with Gasteiger partial charge in [-0.1, -0.05) is 17.7 Å². The molecule has 2 N–H and O–H groups in total. The second kappa shape index (κ2) is 5.57. The summed E-state index contributed by atoms with van der Waals surface area (Å²) < 4.78 is 26.9. The number of Topliss-reactive ketones (excluding diaryl/α,β-unsaturated/α-hetero) is 1. The van der Waals surface area contributed by atoms with Gasteiger partial charge in [-0.25, -0.2) is 8.42 Å². The maximum Gasteiger partial charge on any atom is 0.261 e. The number of hydrogen-bond donors (Lipinski definition) is 2. The summed E-state index contributed by atoms with van der Waals surface area (Å²) in [6.07, 6.45) is 0. The van der Waals surface area contributed by atoms with Crippen LogP contribution in [0.3, 0.4) is 0 Å². The molecule has 0 unspecified atom stereocenters. The van der Waals surface area contributed by atoms with Crippen molar-refractivity contribution in [3.05, 3.63) is 53.6 Å². The summed E-state index contributed by atoms with van der Waals surface area (Å²) in [6.45, 7) is 3.16. The fraction of sp³-hybridized carbons (Fsp3) is 0.133. The number of ketones is 1. The Bertz CT molecular complexity index is 780. The maximum absolute atomic E-state index is 12.3. The predicted molar refractivity (Wildman–Crippen MR) is 80.1 cm³/mol. The van der Waals surface area contributed by atoms with Gasteiger partial charge in [-0.3, -0.25) is 9.52 Å². The number of phenols is 1. The fourth-order valence-corrected chi connectivity index (χ4v) is 2.91. The van der Waals surface area contributed by atoms with Gasteiger partial charge >= 0.3 is 0 Å². The van der Waals surface area contributed by atoms with Crippen molar-refractivity contribution >= 4 is 21.5 Å². The van der Waals surface area contributed by atoms with Gasteiger partial charge in [-0.15, -0.1) is 0 Å². The topological polar surface area (TPSA) is 83.5 Å². The Morgan fingerprint density at radius 2 is 1.71 bits per heavy atom. The number of aryl methyl sites for hydroxylation is 1. The first-order valence-corrected chi connectivity index (χ1v) is 7.71. The van der Waals surface area contributed by atoms with Gasteiger partial charge in [0.2, 0.25) is 0 Å². The molecule has 0 bridgehead atoms. The number of anilines is 1. The molecule has 0 saturated carbocycles. The van der Waals surface area contributed by atoms with E-state index in [0.717, 1.165) is 5.56 Å². The third-order valence-corrected chi connectivity index (χ3v) is 4.34. The van der Waals surface area contributed by atoms with Gasteiger partial charge in [0.1, 0.15) is 5.75 Å². The molecule has 0 fully saturated rings. The zero-order valence-electron chi connectivity index (χ0n) is 11.6. The predicted octanol–water partition coefficient (Wildman–Crippen LogP) is 2.70. The maximum atomic E-state index is 12.3. The number of carbonyl (C=O) groups excluding carboxylic acids is 1. The molecule has 0 aliphatic heterocycles. The van der Waals surface area contributed by atoms with E-state index in [-0.39, 0.29) is 27.7 Å². The highest BCUT2D eigenvalue weighted by molar-refractivity contribution is 7.92. The van der Waals surface area contributed by atoms with E-state index in [9.17, 15) is 18.3 Å². The molecule has 21 heavy (non-hydrogen) atoms. The van der Waals surface area contributed by atoms with Crippen LogP contribution in [0.5, 0.6) is 5.75 Å². The van der Waals surface area contributed by atoms with Crippen LogP contribution >= 0.6 is 0 Å². The number of hydrogen-bond acceptors (Lipinski definition) is 4. The third-order valence-electron chi connectivity index (χ3n) is 2.96. The van der Waals surface area contributed by atoms with Gasteiger partial charge in [0.05, 0.1) is 10.6 Å². The van der Waals surface area contributed by atoms with Crippen LogP contribution < -0.4 is 4.72 Å². The second-order valence-electron chi connectivity index (χ2n) is 4.70. The Kier molecular flexibility index (Phi) is 3.99. The zero-order chi connectivity index (χ0) is 15.6. The first kappa shape index (κ1) is 15.1. The highest BCUT2D eigenvalue weighted by atomic mass is 32.2. The van der Waals surface area contributed by atoms with Crippen LogP contribution in [-0.2, 0) is 10.0 Å². The molecule has 0 atom stereocenters. The summed E-state index contributed by atoms with van der Waals surface area (Å²) in [4.78, 5) is 11.6. The molecule has 2 rings (SSSR count). The van der Waals surface area contributed by atoms with Crippen LogP contribution in [0.4, 0.5) is 5.69 Å². The van der Waals surface area contributed by atoms with Crippen LogP contribution in [0.25, 0.3) is 0 Å². The van der Waals surface area contributed by atoms with E-state index in [4.69, 9.17) is 0 Å². The minimum absolute atomic E-state index is 0.0986. The van der Waals surface area contributed by atoms with Gasteiger partial charge in [0.15, 0.2) is 5.78 Å². The number of rotatable bonds is 4. The molecule has 0 saturated heterocycles. The van der Waals surface area contributed by atoms with Crippen LogP contribution in [0.2, 0.25) is 0 Å². The van der Waals surface area contributed by atoms with Crippen LogP contribution in [0.1, 0.15) is 22.8 Å². The summed E-state index contributed by atoms with van der Waals surface area (Å²) in [7, 11) is -3.78. The number of sulfonamides is 1. The molecule has 0 heterocycles. The number of phenolic OH excluding ortho intramolecular Hbond substituents is 1. The molecule has 110 valence electrons. The molecule has 2 aromatic carbocycles. The highest BCUT2D eigenvalue weighted by Gasteiger charge is 2.17. The first-order chi connectivity index (χ1) is 9.79. The molecule has 0 spiro atoms. The van der Waals surface area contributed by atoms with Gasteiger partial charge in [-0.2, -0.15) is 0 Å². The van der Waals surface area contributed by atoms with Crippen LogP contribution in [0.15, 0.2) is 47.4 Å². The monoisotopic (exact) mass is 305 g/mol. The summed E-state index contributed by atoms with van der Waals surface area (Å²) in [6, 6.07) is 10.3. The van der Waals surface area contributed by atoms with E-state index < -0.39 is 10.0 Å². The minimum atomic E-state index is -3.78. The van der Waals surface area contributed by atoms with Crippen molar-refractivity contribution in [3.8, 4) is 5.75 Å². The number of carbonyl (C=O) groups is 1. The molecule has 5 nitrogen and oxygen atoms in total. The Hall–Kier alpha value is -2.34. The van der Waals surface area contributed by atoms with E-state index in [1.807, 2.05) is 6.92 Å². The van der Waals surface area contributed by atoms with Crippen molar-refractivity contribution in [3.63, 3.8) is 0 Å². The molecule has 0 amide bonds. The van der Waals surface area contributed by atoms with Crippen LogP contribution in [0, 0.1) is 6.92 Å². The van der Waals surface area contributed by atoms with Crippen molar-refractivity contribution < 1.29 is 18.3 Å². The lowest BCUT2D eigenvalue weighted by Gasteiger charge is -2.11. The SMILES string of the molecule is CC(=O)c1cc(O)ccc1NS(=O)(=O)c1ccc(C)cc1. The number of nitrogens with one attached hydrogen (secondary N) is 1. The average Bonchev–Trinajstić information content (AvgIpc) is 2.41. The molecular formula is C15H15NO4S. The van der Waals surface area contributed by atoms with Gasteiger partial charge in [-0.05, 0) is 44.2 Å². The fourth-order valence-electron chi connectivity index (χ4n) is 1.83. The molecule has 0 aromatic heterocycles. The third kappa shape index (κ3) is 3.41. The molecule has 0 aliphatic rings. The zero-order valence-corrected chi connectivity index (χ0v) is 12.4. The van der Waals surface area contributed by atoms with Crippen molar-refractivity contribution in [2.45, 2.75) is 18.7 Å². The highest BCUT2D eigenvalue weighted by Crippen LogP contribution is 2.24. The van der Waals surface area contributed by atoms with Crippen molar-refractivity contribution in [1.29, 1.82) is 0 Å². The molecule has 0 radical (unpaired) electrons. The number of aromatic hydroxyl groups is 1. The molecular weight excluding hydrogens is 290 g/mol. The van der Waals surface area contributed by atoms with Crippen LogP contribution in [-0.4, -0.2) is 19.3 Å². The summed E-state index contributed by atoms with van der Waals surface area (Å²) in [5.41, 5.74) is 1.20. The summed E-state index contributed by atoms with van der Waals surface area (Å²) in [5, 5.41) is 9.40. The van der Waals surface area contributed by atoms with E-state index in [1.54, 1.807) is 12.1 Å². The normalized spacial score (nSPS) is 11.1. The number of benzene rings is 2. The van der Waals surface area contributed by atoms with Crippen molar-refractivity contribution in [2.75, 3.05) is 4.72 Å². The molecule has 0 aliphatic carbocycles. The minimum Gasteiger partial charge on any atom is -0.508 e. The first-order valence-electron chi connectivity index (χ1n) is 6.23. The Morgan fingerprint density at radius 3 is 2.29 bits per heavy atom. The van der Waals surface area contributed by atoms with E-state index in [1.165, 1.54) is 37.3 Å². The molecule has 2 aromatic rings. The van der Waals surface area contributed by atoms with Gasteiger partial charge in [0.25, 0.3) is 10.0 Å². The lowest BCUT2D eigenvalue weighted by Crippen LogP contribution is -2.15. The van der Waals surface area contributed by atoms with Crippen molar-refractivity contribution in [1.82, 2.24) is 0 Å². The van der Waals surface area contributed by atoms with E-state index in [2.05, 4.69) is 4.72 Å². The standard InChI is InChI=1S/C15H15NO4S/c1-10-3-6-13(7-4-10)21(19,20)16-15-8-5-12(18)9-14(15)11(2)17/h3-9,16,18H,1-2H3. The largest absolute Gasteiger partial charge is 0.508 e. The Morgan fingerprint density at radius 1 is 1.10 bits per heavy atom. The Labute approximate surface area is 123 Å². The lowest BCUT2D eigenvalue weighted by molar-refractivity contribution is 0.101. The van der Waals surface area contributed by atoms with Gasteiger partial charge < -0.3 is 5.11 Å². The van der Waals surface area contributed by atoms with Crippen molar-refractivity contribution in [2.24, 2.45) is 0 Å². The molecule has 6 heteroatoms. The Balaban J connectivity index is 2.41. The summed E-state index contributed by atoms with van der Waals surface area (Å²) in [5.74, 6) is -0.439. The summed E-state index contributed by atoms with van der Waals surface area (Å²) >= 11 is 0. The smallest absolute Gasteiger partial charge is 0.261 e.